The SMILES string of the molecule is CC[PH+](CC)CCCCCBr.[Br-]. The van der Waals surface area contributed by atoms with Crippen molar-refractivity contribution >= 4 is 23.9 Å². The molecule has 0 aliphatic rings. The topological polar surface area (TPSA) is 0 Å². The van der Waals surface area contributed by atoms with Gasteiger partial charge < -0.3 is 17.0 Å². The molecule has 0 amide bonds. The number of hydrogen-bond donors (Lipinski definition) is 0. The van der Waals surface area contributed by atoms with Crippen LogP contribution < -0.4 is 17.0 Å². The van der Waals surface area contributed by atoms with E-state index in [1.807, 2.05) is 0 Å². The molecule has 3 heteroatoms. The van der Waals surface area contributed by atoms with Crippen LogP contribution in [0, 0.1) is 0 Å². The zero-order valence-electron chi connectivity index (χ0n) is 8.21. The van der Waals surface area contributed by atoms with Gasteiger partial charge in [-0.3, -0.25) is 0 Å². The Morgan fingerprint density at radius 2 is 1.58 bits per heavy atom. The zero-order chi connectivity index (χ0) is 8.53. The van der Waals surface area contributed by atoms with Gasteiger partial charge in [0.05, 0.1) is 18.5 Å². The van der Waals surface area contributed by atoms with Crippen molar-refractivity contribution in [2.24, 2.45) is 0 Å². The maximum absolute atomic E-state index is 3.46. The molecule has 0 radical (unpaired) electrons. The summed E-state index contributed by atoms with van der Waals surface area (Å²) in [5, 5.41) is 1.19. The van der Waals surface area contributed by atoms with Gasteiger partial charge in [-0.25, -0.2) is 0 Å². The third-order valence-electron chi connectivity index (χ3n) is 2.16. The highest BCUT2D eigenvalue weighted by Gasteiger charge is 2.08. The van der Waals surface area contributed by atoms with Crippen LogP contribution in [0.25, 0.3) is 0 Å². The molecule has 0 fully saturated rings. The minimum Gasteiger partial charge on any atom is -1.00 e. The molecule has 0 rings (SSSR count). The molecule has 76 valence electrons. The van der Waals surface area contributed by atoms with Crippen LogP contribution in [0.15, 0.2) is 0 Å². The second-order valence-corrected chi connectivity index (χ2v) is 7.16. The van der Waals surface area contributed by atoms with Crippen molar-refractivity contribution in [3.8, 4) is 0 Å². The van der Waals surface area contributed by atoms with Crippen molar-refractivity contribution < 1.29 is 17.0 Å². The summed E-state index contributed by atoms with van der Waals surface area (Å²) in [5.74, 6) is 0. The summed E-state index contributed by atoms with van der Waals surface area (Å²) in [6, 6.07) is 0. The van der Waals surface area contributed by atoms with Gasteiger partial charge in [0.15, 0.2) is 0 Å². The fourth-order valence-corrected chi connectivity index (χ4v) is 3.60. The normalized spacial score (nSPS) is 10.0. The summed E-state index contributed by atoms with van der Waals surface area (Å²) in [6.45, 7) is 4.70. The van der Waals surface area contributed by atoms with E-state index in [1.54, 1.807) is 6.16 Å². The minimum atomic E-state index is 0. The molecule has 0 aliphatic carbocycles. The van der Waals surface area contributed by atoms with Gasteiger partial charge in [-0.05, 0) is 33.1 Å². The second-order valence-electron chi connectivity index (χ2n) is 2.96. The molecule has 0 aromatic carbocycles. The van der Waals surface area contributed by atoms with Crippen molar-refractivity contribution in [2.75, 3.05) is 23.8 Å². The smallest absolute Gasteiger partial charge is 0.0571 e. The molecule has 0 nitrogen and oxygen atoms in total. The van der Waals surface area contributed by atoms with Crippen molar-refractivity contribution in [3.05, 3.63) is 0 Å². The highest BCUT2D eigenvalue weighted by atomic mass is 79.9. The van der Waals surface area contributed by atoms with Gasteiger partial charge in [-0.2, -0.15) is 0 Å². The lowest BCUT2D eigenvalue weighted by Crippen LogP contribution is -3.00. The summed E-state index contributed by atoms with van der Waals surface area (Å²) in [6.07, 6.45) is 8.75. The number of alkyl halides is 1. The van der Waals surface area contributed by atoms with Gasteiger partial charge in [0.2, 0.25) is 0 Å². The molecule has 0 N–H and O–H groups in total. The molecule has 12 heavy (non-hydrogen) atoms. The lowest BCUT2D eigenvalue weighted by molar-refractivity contribution is -0.00000238. The van der Waals surface area contributed by atoms with Crippen LogP contribution in [-0.4, -0.2) is 23.8 Å². The predicted molar refractivity (Wildman–Crippen MR) is 61.9 cm³/mol. The third kappa shape index (κ3) is 9.48. The standard InChI is InChI=1S/C9H20BrP.BrH/c1-3-11(4-2)9-7-5-6-8-10;/h3-9H2,1-2H3;1H. The second kappa shape index (κ2) is 12.4. The van der Waals surface area contributed by atoms with Crippen LogP contribution in [-0.2, 0) is 0 Å². The third-order valence-corrected chi connectivity index (χ3v) is 5.79. The summed E-state index contributed by atoms with van der Waals surface area (Å²) in [7, 11) is 0.0809. The summed E-state index contributed by atoms with van der Waals surface area (Å²) < 4.78 is 0. The molecule has 0 unspecified atom stereocenters. The summed E-state index contributed by atoms with van der Waals surface area (Å²) >= 11 is 3.46. The largest absolute Gasteiger partial charge is 1.00 e. The average Bonchev–Trinajstić information content (AvgIpc) is 2.05. The monoisotopic (exact) mass is 318 g/mol. The van der Waals surface area contributed by atoms with Crippen molar-refractivity contribution in [1.29, 1.82) is 0 Å². The minimum absolute atomic E-state index is 0. The summed E-state index contributed by atoms with van der Waals surface area (Å²) in [4.78, 5) is 0. The van der Waals surface area contributed by atoms with Crippen LogP contribution >= 0.6 is 23.9 Å². The van der Waals surface area contributed by atoms with E-state index in [1.165, 1.54) is 36.9 Å². The molecule has 0 atom stereocenters. The van der Waals surface area contributed by atoms with E-state index < -0.39 is 0 Å². The molecule has 0 saturated heterocycles. The Labute approximate surface area is 97.5 Å². The summed E-state index contributed by atoms with van der Waals surface area (Å²) in [5.41, 5.74) is 0. The van der Waals surface area contributed by atoms with Crippen molar-refractivity contribution in [3.63, 3.8) is 0 Å². The van der Waals surface area contributed by atoms with E-state index in [0.717, 1.165) is 0 Å². The van der Waals surface area contributed by atoms with E-state index in [-0.39, 0.29) is 24.9 Å². The van der Waals surface area contributed by atoms with E-state index in [0.29, 0.717) is 0 Å². The highest BCUT2D eigenvalue weighted by Crippen LogP contribution is 2.35. The molecular weight excluding hydrogens is 299 g/mol. The fraction of sp³-hybridized carbons (Fsp3) is 1.00. The first kappa shape index (κ1) is 15.8. The fourth-order valence-electron chi connectivity index (χ4n) is 1.25. The van der Waals surface area contributed by atoms with E-state index in [4.69, 9.17) is 0 Å². The Morgan fingerprint density at radius 1 is 1.00 bits per heavy atom. The first-order chi connectivity index (χ1) is 5.35. The van der Waals surface area contributed by atoms with E-state index in [9.17, 15) is 0 Å². The van der Waals surface area contributed by atoms with Gasteiger partial charge in [-0.1, -0.05) is 15.9 Å². The van der Waals surface area contributed by atoms with Crippen LogP contribution in [0.3, 0.4) is 0 Å². The van der Waals surface area contributed by atoms with E-state index >= 15 is 0 Å². The highest BCUT2D eigenvalue weighted by molar-refractivity contribution is 9.09. The predicted octanol–water partition coefficient (Wildman–Crippen LogP) is 0.810. The number of unbranched alkanes of at least 4 members (excludes halogenated alkanes) is 2. The maximum atomic E-state index is 3.46. The van der Waals surface area contributed by atoms with Gasteiger partial charge in [0.25, 0.3) is 0 Å². The lowest BCUT2D eigenvalue weighted by atomic mass is 10.3. The zero-order valence-corrected chi connectivity index (χ0v) is 12.4. The first-order valence-corrected chi connectivity index (χ1v) is 7.98. The molecule has 0 saturated carbocycles. The van der Waals surface area contributed by atoms with Crippen molar-refractivity contribution in [1.82, 2.24) is 0 Å². The molecule has 0 bridgehead atoms. The molecular formula is C9H21Br2P. The Morgan fingerprint density at radius 3 is 2.00 bits per heavy atom. The molecule has 0 heterocycles. The molecule has 0 spiro atoms. The van der Waals surface area contributed by atoms with Crippen LogP contribution in [0.2, 0.25) is 0 Å². The van der Waals surface area contributed by atoms with Crippen LogP contribution in [0.5, 0.6) is 0 Å². The van der Waals surface area contributed by atoms with E-state index in [2.05, 4.69) is 29.8 Å². The van der Waals surface area contributed by atoms with Gasteiger partial charge >= 0.3 is 0 Å². The van der Waals surface area contributed by atoms with Crippen LogP contribution in [0.4, 0.5) is 0 Å². The Balaban J connectivity index is 0. The molecule has 0 aromatic rings. The van der Waals surface area contributed by atoms with Gasteiger partial charge in [-0.15, -0.1) is 0 Å². The Hall–Kier alpha value is 1.39. The quantitative estimate of drug-likeness (QED) is 0.370. The molecule has 0 aromatic heterocycles. The molecule has 0 aliphatic heterocycles. The van der Waals surface area contributed by atoms with Gasteiger partial charge in [0, 0.05) is 13.3 Å². The lowest BCUT2D eigenvalue weighted by Gasteiger charge is -2.04. The van der Waals surface area contributed by atoms with Gasteiger partial charge in [0.1, 0.15) is 0 Å². The Kier molecular flexibility index (Phi) is 16.4. The number of rotatable bonds is 7. The maximum Gasteiger partial charge on any atom is 0.0571 e. The van der Waals surface area contributed by atoms with Crippen molar-refractivity contribution in [2.45, 2.75) is 33.1 Å². The first-order valence-electron chi connectivity index (χ1n) is 4.74. The number of halogens is 2. The van der Waals surface area contributed by atoms with Crippen LogP contribution in [0.1, 0.15) is 33.1 Å². The average molecular weight is 320 g/mol. The Bertz CT molecular complexity index is 74.9. The number of hydrogen-bond acceptors (Lipinski definition) is 0.